The number of carbonyl (C=O) groups excluding carboxylic acids is 2. The highest BCUT2D eigenvalue weighted by molar-refractivity contribution is 7.20. The van der Waals surface area contributed by atoms with Gasteiger partial charge in [-0.1, -0.05) is 89.7 Å². The lowest BCUT2D eigenvalue weighted by molar-refractivity contribution is -0.115. The molecule has 0 unspecified atom stereocenters. The van der Waals surface area contributed by atoms with E-state index in [1.807, 2.05) is 49.1 Å². The first-order chi connectivity index (χ1) is 18.4. The largest absolute Gasteiger partial charge is 0.326 e. The van der Waals surface area contributed by atoms with Gasteiger partial charge < -0.3 is 10.2 Å². The Morgan fingerprint density at radius 3 is 2.34 bits per heavy atom. The molecule has 0 aliphatic carbocycles. The van der Waals surface area contributed by atoms with Gasteiger partial charge >= 0.3 is 6.03 Å². The first-order valence-electron chi connectivity index (χ1n) is 12.7. The molecule has 8 heteroatoms. The molecule has 194 valence electrons. The number of nitrogens with one attached hydrogen (secondary N) is 2. The predicted octanol–water partition coefficient (Wildman–Crippen LogP) is 7.42. The van der Waals surface area contributed by atoms with Gasteiger partial charge in [-0.15, -0.1) is 0 Å². The zero-order valence-corrected chi connectivity index (χ0v) is 22.9. The molecule has 6 nitrogen and oxygen atoms in total. The third-order valence-electron chi connectivity index (χ3n) is 6.75. The number of anilines is 2. The summed E-state index contributed by atoms with van der Waals surface area (Å²) in [5.74, 6) is 0.151. The number of aromatic nitrogens is 1. The molecule has 5 rings (SSSR count). The van der Waals surface area contributed by atoms with Crippen molar-refractivity contribution in [3.63, 3.8) is 0 Å². The second kappa shape index (κ2) is 11.4. The molecule has 4 aromatic rings. The third-order valence-corrected chi connectivity index (χ3v) is 7.92. The van der Waals surface area contributed by atoms with Crippen LogP contribution in [-0.4, -0.2) is 34.4 Å². The molecule has 0 spiro atoms. The maximum absolute atomic E-state index is 13.4. The van der Waals surface area contributed by atoms with Gasteiger partial charge in [-0.05, 0) is 49.1 Å². The van der Waals surface area contributed by atoms with Gasteiger partial charge in [0.2, 0.25) is 5.91 Å². The highest BCUT2D eigenvalue weighted by Crippen LogP contribution is 2.37. The van der Waals surface area contributed by atoms with E-state index in [9.17, 15) is 9.59 Å². The van der Waals surface area contributed by atoms with Crippen molar-refractivity contribution in [2.45, 2.75) is 38.6 Å². The molecule has 2 N–H and O–H groups in total. The average Bonchev–Trinajstić information content (AvgIpc) is 3.47. The van der Waals surface area contributed by atoms with Crippen LogP contribution in [0.3, 0.4) is 0 Å². The lowest BCUT2D eigenvalue weighted by atomic mass is 9.88. The summed E-state index contributed by atoms with van der Waals surface area (Å²) < 4.78 is 0.488. The highest BCUT2D eigenvalue weighted by Gasteiger charge is 2.24. The summed E-state index contributed by atoms with van der Waals surface area (Å²) in [5, 5.41) is 6.24. The van der Waals surface area contributed by atoms with E-state index in [-0.39, 0.29) is 23.9 Å². The summed E-state index contributed by atoms with van der Waals surface area (Å²) >= 11 is 7.76. The number of rotatable bonds is 8. The van der Waals surface area contributed by atoms with Crippen LogP contribution >= 0.6 is 22.9 Å². The summed E-state index contributed by atoms with van der Waals surface area (Å²) in [6, 6.07) is 26.3. The summed E-state index contributed by atoms with van der Waals surface area (Å²) in [4.78, 5) is 31.5. The number of fused-ring (bicyclic) bond motifs is 1. The smallest absolute Gasteiger partial charge is 0.323 e. The molecule has 2 heterocycles. The van der Waals surface area contributed by atoms with Gasteiger partial charge in [0.05, 0.1) is 6.42 Å². The monoisotopic (exact) mass is 544 g/mol. The maximum atomic E-state index is 13.4. The first-order valence-corrected chi connectivity index (χ1v) is 13.9. The molecule has 0 atom stereocenters. The number of halogens is 1. The van der Waals surface area contributed by atoms with Crippen LogP contribution in [-0.2, 0) is 11.2 Å². The lowest BCUT2D eigenvalue weighted by Gasteiger charge is -2.29. The molecule has 3 aromatic carbocycles. The van der Waals surface area contributed by atoms with Crippen LogP contribution in [0, 0.1) is 0 Å². The number of nitrogens with zero attached hydrogens (tertiary/aromatic N) is 2. The fourth-order valence-corrected chi connectivity index (χ4v) is 5.91. The van der Waals surface area contributed by atoms with E-state index in [1.54, 1.807) is 0 Å². The average molecular weight is 545 g/mol. The molecule has 0 saturated heterocycles. The second-order valence-corrected chi connectivity index (χ2v) is 11.2. The van der Waals surface area contributed by atoms with E-state index in [1.165, 1.54) is 22.5 Å². The van der Waals surface area contributed by atoms with Crippen molar-refractivity contribution >= 4 is 45.7 Å². The molecule has 1 aliphatic rings. The molecular weight excluding hydrogens is 516 g/mol. The van der Waals surface area contributed by atoms with Gasteiger partial charge in [0.25, 0.3) is 0 Å². The second-order valence-electron chi connectivity index (χ2n) is 9.62. The summed E-state index contributed by atoms with van der Waals surface area (Å²) in [7, 11) is 0. The number of hydrogen-bond donors (Lipinski definition) is 2. The number of thiazole rings is 1. The van der Waals surface area contributed by atoms with Crippen LogP contribution in [0.15, 0.2) is 78.9 Å². The van der Waals surface area contributed by atoms with E-state index < -0.39 is 0 Å². The van der Waals surface area contributed by atoms with Crippen molar-refractivity contribution in [3.8, 4) is 11.3 Å². The van der Waals surface area contributed by atoms with Crippen molar-refractivity contribution < 1.29 is 9.59 Å². The first kappa shape index (κ1) is 25.9. The zero-order chi connectivity index (χ0) is 26.6. The Morgan fingerprint density at radius 1 is 1.05 bits per heavy atom. The van der Waals surface area contributed by atoms with Gasteiger partial charge in [0.1, 0.15) is 10.0 Å². The Bertz CT molecular complexity index is 1400. The molecule has 1 aliphatic heterocycles. The Labute approximate surface area is 231 Å². The summed E-state index contributed by atoms with van der Waals surface area (Å²) in [6.07, 6.45) is 1.12. The van der Waals surface area contributed by atoms with E-state index >= 15 is 0 Å². The van der Waals surface area contributed by atoms with Crippen LogP contribution in [0.25, 0.3) is 11.3 Å². The van der Waals surface area contributed by atoms with Gasteiger partial charge in [-0.25, -0.2) is 9.78 Å². The van der Waals surface area contributed by atoms with Gasteiger partial charge in [-0.3, -0.25) is 10.1 Å². The van der Waals surface area contributed by atoms with Crippen LogP contribution in [0.5, 0.6) is 0 Å². The SMILES string of the molecule is CC(C)N(CCC(c1ccccc1)c1ccccc1)C(=O)Nc1nc(-c2ccc3c(c2)CC(=O)N3)c(Cl)s1. The maximum Gasteiger partial charge on any atom is 0.323 e. The van der Waals surface area contributed by atoms with Gasteiger partial charge in [0.15, 0.2) is 5.13 Å². The lowest BCUT2D eigenvalue weighted by Crippen LogP contribution is -2.41. The number of hydrogen-bond acceptors (Lipinski definition) is 4. The van der Waals surface area contributed by atoms with E-state index in [0.29, 0.717) is 28.1 Å². The molecule has 3 amide bonds. The minimum absolute atomic E-state index is 0.00107. The van der Waals surface area contributed by atoms with E-state index in [0.717, 1.165) is 23.2 Å². The zero-order valence-electron chi connectivity index (χ0n) is 21.3. The number of benzene rings is 3. The summed E-state index contributed by atoms with van der Waals surface area (Å²) in [5.41, 5.74) is 5.60. The predicted molar refractivity (Wildman–Crippen MR) is 155 cm³/mol. The fraction of sp³-hybridized carbons (Fsp3) is 0.233. The molecule has 1 aromatic heterocycles. The Morgan fingerprint density at radius 2 is 1.71 bits per heavy atom. The van der Waals surface area contributed by atoms with Crippen molar-refractivity contribution in [3.05, 3.63) is 99.9 Å². The Kier molecular flexibility index (Phi) is 7.77. The molecule has 0 bridgehead atoms. The normalized spacial score (nSPS) is 12.5. The fourth-order valence-electron chi connectivity index (χ4n) is 4.83. The molecule has 0 saturated carbocycles. The van der Waals surface area contributed by atoms with Crippen molar-refractivity contribution in [2.24, 2.45) is 0 Å². The van der Waals surface area contributed by atoms with E-state index in [4.69, 9.17) is 11.6 Å². The van der Waals surface area contributed by atoms with Crippen LogP contribution in [0.2, 0.25) is 4.34 Å². The summed E-state index contributed by atoms with van der Waals surface area (Å²) in [6.45, 7) is 4.61. The van der Waals surface area contributed by atoms with Crippen LogP contribution < -0.4 is 10.6 Å². The molecule has 38 heavy (non-hydrogen) atoms. The minimum atomic E-state index is -0.208. The Balaban J connectivity index is 1.31. The standard InChI is InChI=1S/C30H29ClN4O2S/c1-19(2)35(16-15-24(20-9-5-3-6-10-20)21-11-7-4-8-12-21)30(37)34-29-33-27(28(31)38-29)22-13-14-25-23(17-22)18-26(36)32-25/h3-14,17,19,24H,15-16,18H2,1-2H3,(H,32,36)(H,33,34,37). The van der Waals surface area contributed by atoms with Crippen LogP contribution in [0.1, 0.15) is 42.9 Å². The topological polar surface area (TPSA) is 74.3 Å². The highest BCUT2D eigenvalue weighted by atomic mass is 35.5. The minimum Gasteiger partial charge on any atom is -0.326 e. The molecule has 0 radical (unpaired) electrons. The van der Waals surface area contributed by atoms with Gasteiger partial charge in [0, 0.05) is 29.8 Å². The molecular formula is C30H29ClN4O2S. The van der Waals surface area contributed by atoms with Crippen molar-refractivity contribution in [2.75, 3.05) is 17.2 Å². The van der Waals surface area contributed by atoms with Crippen molar-refractivity contribution in [1.82, 2.24) is 9.88 Å². The van der Waals surface area contributed by atoms with E-state index in [2.05, 4.69) is 64.1 Å². The molecule has 0 fully saturated rings. The quantitative estimate of drug-likeness (QED) is 0.242. The Hall–Kier alpha value is -3.68. The number of carbonyl (C=O) groups is 2. The van der Waals surface area contributed by atoms with Gasteiger partial charge in [-0.2, -0.15) is 0 Å². The number of amides is 3. The van der Waals surface area contributed by atoms with Crippen molar-refractivity contribution in [1.29, 1.82) is 0 Å². The third kappa shape index (κ3) is 5.74. The van der Waals surface area contributed by atoms with Crippen LogP contribution in [0.4, 0.5) is 15.6 Å². The number of urea groups is 1.